The Bertz CT molecular complexity index is 362. The van der Waals surface area contributed by atoms with Crippen LogP contribution in [0, 0.1) is 0 Å². The lowest BCUT2D eigenvalue weighted by Gasteiger charge is -2.24. The van der Waals surface area contributed by atoms with E-state index in [0.717, 1.165) is 24.1 Å². The zero-order valence-corrected chi connectivity index (χ0v) is 8.14. The fraction of sp³-hybridized carbons (Fsp3) is 0.300. The molecule has 1 aromatic rings. The minimum atomic E-state index is 0.0729. The molecule has 0 saturated carbocycles. The smallest absolute Gasteiger partial charge is 0.253 e. The van der Waals surface area contributed by atoms with Gasteiger partial charge in [-0.15, -0.1) is 0 Å². The Balaban J connectivity index is 2.51. The van der Waals surface area contributed by atoms with Crippen LogP contribution in [0.1, 0.15) is 15.9 Å². The monoisotopic (exact) mass is 195 g/mol. The van der Waals surface area contributed by atoms with Crippen LogP contribution in [-0.4, -0.2) is 24.4 Å². The summed E-state index contributed by atoms with van der Waals surface area (Å²) >= 11 is 5.82. The molecule has 0 saturated heterocycles. The van der Waals surface area contributed by atoms with Gasteiger partial charge in [-0.25, -0.2) is 0 Å². The molecule has 0 atom stereocenters. The second-order valence-electron chi connectivity index (χ2n) is 3.28. The molecule has 0 fully saturated rings. The fourth-order valence-corrected chi connectivity index (χ4v) is 1.73. The van der Waals surface area contributed by atoms with E-state index in [0.29, 0.717) is 5.02 Å². The first-order chi connectivity index (χ1) is 6.18. The van der Waals surface area contributed by atoms with Crippen LogP contribution < -0.4 is 0 Å². The number of carbonyl (C=O) groups excluding carboxylic acids is 1. The number of carbonyl (C=O) groups is 1. The summed E-state index contributed by atoms with van der Waals surface area (Å²) in [5.41, 5.74) is 1.86. The number of hydrogen-bond donors (Lipinski definition) is 0. The Morgan fingerprint density at radius 3 is 3.00 bits per heavy atom. The van der Waals surface area contributed by atoms with Crippen molar-refractivity contribution in [2.45, 2.75) is 6.42 Å². The Morgan fingerprint density at radius 1 is 1.46 bits per heavy atom. The highest BCUT2D eigenvalue weighted by Crippen LogP contribution is 2.21. The summed E-state index contributed by atoms with van der Waals surface area (Å²) in [5.74, 6) is 0.0729. The van der Waals surface area contributed by atoms with Crippen molar-refractivity contribution in [3.8, 4) is 0 Å². The van der Waals surface area contributed by atoms with Gasteiger partial charge in [0.15, 0.2) is 0 Å². The van der Waals surface area contributed by atoms with Crippen molar-refractivity contribution in [1.82, 2.24) is 4.90 Å². The lowest BCUT2D eigenvalue weighted by molar-refractivity contribution is 0.0781. The number of amides is 1. The van der Waals surface area contributed by atoms with Crippen LogP contribution in [0.4, 0.5) is 0 Å². The van der Waals surface area contributed by atoms with Gasteiger partial charge in [0.2, 0.25) is 0 Å². The molecule has 2 nitrogen and oxygen atoms in total. The summed E-state index contributed by atoms with van der Waals surface area (Å²) in [6.07, 6.45) is 0.925. The number of nitrogens with zero attached hydrogens (tertiary/aromatic N) is 1. The fourth-order valence-electron chi connectivity index (χ4n) is 1.56. The molecular weight excluding hydrogens is 186 g/mol. The molecule has 1 aliphatic heterocycles. The Hall–Kier alpha value is -1.02. The molecule has 1 aromatic carbocycles. The Labute approximate surface area is 82.1 Å². The first-order valence-corrected chi connectivity index (χ1v) is 4.60. The molecular formula is C10H10ClNO. The number of halogens is 1. The third-order valence-corrected chi connectivity index (χ3v) is 2.60. The van der Waals surface area contributed by atoms with Crippen LogP contribution in [0.25, 0.3) is 0 Å². The van der Waals surface area contributed by atoms with Crippen LogP contribution in [0.3, 0.4) is 0 Å². The number of likely N-dealkylation sites (N-methyl/N-ethyl adjacent to an activating group) is 1. The largest absolute Gasteiger partial charge is 0.341 e. The summed E-state index contributed by atoms with van der Waals surface area (Å²) < 4.78 is 0. The summed E-state index contributed by atoms with van der Waals surface area (Å²) in [6.45, 7) is 0.799. The van der Waals surface area contributed by atoms with Crippen molar-refractivity contribution in [3.63, 3.8) is 0 Å². The average Bonchev–Trinajstić information content (AvgIpc) is 2.12. The quantitative estimate of drug-likeness (QED) is 0.620. The molecule has 13 heavy (non-hydrogen) atoms. The molecule has 68 valence electrons. The van der Waals surface area contributed by atoms with Gasteiger partial charge in [0, 0.05) is 24.2 Å². The van der Waals surface area contributed by atoms with Crippen LogP contribution in [-0.2, 0) is 6.42 Å². The number of rotatable bonds is 0. The molecule has 0 aromatic heterocycles. The van der Waals surface area contributed by atoms with Crippen LogP contribution in [0.15, 0.2) is 18.2 Å². The van der Waals surface area contributed by atoms with E-state index in [2.05, 4.69) is 0 Å². The van der Waals surface area contributed by atoms with E-state index >= 15 is 0 Å². The van der Waals surface area contributed by atoms with Crippen LogP contribution in [0.5, 0.6) is 0 Å². The van der Waals surface area contributed by atoms with Gasteiger partial charge < -0.3 is 4.90 Å². The molecule has 1 heterocycles. The van der Waals surface area contributed by atoms with Crippen molar-refractivity contribution in [2.24, 2.45) is 0 Å². The van der Waals surface area contributed by atoms with E-state index in [4.69, 9.17) is 11.6 Å². The maximum absolute atomic E-state index is 11.6. The van der Waals surface area contributed by atoms with Crippen molar-refractivity contribution < 1.29 is 4.79 Å². The van der Waals surface area contributed by atoms with Crippen molar-refractivity contribution in [3.05, 3.63) is 34.3 Å². The summed E-state index contributed by atoms with van der Waals surface area (Å²) in [5, 5.41) is 0.627. The van der Waals surface area contributed by atoms with Crippen molar-refractivity contribution in [1.29, 1.82) is 0 Å². The van der Waals surface area contributed by atoms with E-state index in [1.807, 2.05) is 19.2 Å². The maximum Gasteiger partial charge on any atom is 0.253 e. The molecule has 2 rings (SSSR count). The van der Waals surface area contributed by atoms with Gasteiger partial charge >= 0.3 is 0 Å². The van der Waals surface area contributed by atoms with E-state index in [9.17, 15) is 4.79 Å². The molecule has 1 aliphatic rings. The minimum Gasteiger partial charge on any atom is -0.341 e. The van der Waals surface area contributed by atoms with Gasteiger partial charge in [-0.2, -0.15) is 0 Å². The summed E-state index contributed by atoms with van der Waals surface area (Å²) in [7, 11) is 1.81. The predicted octanol–water partition coefficient (Wildman–Crippen LogP) is 1.97. The summed E-state index contributed by atoms with van der Waals surface area (Å²) in [4.78, 5) is 13.4. The van der Waals surface area contributed by atoms with Gasteiger partial charge in [0.05, 0.1) is 0 Å². The lowest BCUT2D eigenvalue weighted by Crippen LogP contribution is -2.34. The van der Waals surface area contributed by atoms with Gasteiger partial charge in [0.1, 0.15) is 0 Å². The Kier molecular flexibility index (Phi) is 2.00. The molecule has 1 amide bonds. The third-order valence-electron chi connectivity index (χ3n) is 2.37. The third kappa shape index (κ3) is 1.42. The van der Waals surface area contributed by atoms with Crippen molar-refractivity contribution in [2.75, 3.05) is 13.6 Å². The average molecular weight is 196 g/mol. The maximum atomic E-state index is 11.6. The highest BCUT2D eigenvalue weighted by molar-refractivity contribution is 6.31. The highest BCUT2D eigenvalue weighted by Gasteiger charge is 2.20. The van der Waals surface area contributed by atoms with Crippen LogP contribution >= 0.6 is 11.6 Å². The number of hydrogen-bond acceptors (Lipinski definition) is 1. The Morgan fingerprint density at radius 2 is 2.23 bits per heavy atom. The molecule has 0 bridgehead atoms. The standard InChI is InChI=1S/C10H10ClNO/c1-12-5-4-7-2-3-8(11)6-9(7)10(12)13/h2-3,6H,4-5H2,1H3. The lowest BCUT2D eigenvalue weighted by atomic mass is 10.00. The van der Waals surface area contributed by atoms with Gasteiger partial charge in [-0.3, -0.25) is 4.79 Å². The van der Waals surface area contributed by atoms with E-state index in [-0.39, 0.29) is 5.91 Å². The topological polar surface area (TPSA) is 20.3 Å². The molecule has 0 N–H and O–H groups in total. The second-order valence-corrected chi connectivity index (χ2v) is 3.71. The van der Waals surface area contributed by atoms with Gasteiger partial charge in [-0.05, 0) is 24.1 Å². The molecule has 0 spiro atoms. The number of benzene rings is 1. The van der Waals surface area contributed by atoms with E-state index in [1.165, 1.54) is 0 Å². The first kappa shape index (κ1) is 8.57. The minimum absolute atomic E-state index is 0.0729. The predicted molar refractivity (Wildman–Crippen MR) is 52.1 cm³/mol. The van der Waals surface area contributed by atoms with E-state index < -0.39 is 0 Å². The van der Waals surface area contributed by atoms with Crippen LogP contribution in [0.2, 0.25) is 5.02 Å². The molecule has 0 unspecified atom stereocenters. The van der Waals surface area contributed by atoms with Gasteiger partial charge in [0.25, 0.3) is 5.91 Å². The highest BCUT2D eigenvalue weighted by atomic mass is 35.5. The summed E-state index contributed by atoms with van der Waals surface area (Å²) in [6, 6.07) is 5.51. The zero-order chi connectivity index (χ0) is 9.42. The normalized spacial score (nSPS) is 15.8. The zero-order valence-electron chi connectivity index (χ0n) is 7.38. The van der Waals surface area contributed by atoms with Gasteiger partial charge in [-0.1, -0.05) is 17.7 Å². The second kappa shape index (κ2) is 3.04. The molecule has 0 aliphatic carbocycles. The molecule has 3 heteroatoms. The van der Waals surface area contributed by atoms with Crippen molar-refractivity contribution >= 4 is 17.5 Å². The molecule has 0 radical (unpaired) electrons. The first-order valence-electron chi connectivity index (χ1n) is 4.22. The SMILES string of the molecule is CN1CCc2ccc(Cl)cc2C1=O. The number of fused-ring (bicyclic) bond motifs is 1. The van der Waals surface area contributed by atoms with E-state index in [1.54, 1.807) is 11.0 Å².